The Bertz CT molecular complexity index is 1150. The highest BCUT2D eigenvalue weighted by Gasteiger charge is 2.32. The van der Waals surface area contributed by atoms with Crippen LogP contribution in [-0.4, -0.2) is 59.3 Å². The van der Waals surface area contributed by atoms with Crippen molar-refractivity contribution in [2.24, 2.45) is 0 Å². The summed E-state index contributed by atoms with van der Waals surface area (Å²) < 4.78 is 2.41. The Morgan fingerprint density at radius 3 is 2.59 bits per heavy atom. The van der Waals surface area contributed by atoms with Crippen molar-refractivity contribution < 1.29 is 9.59 Å². The van der Waals surface area contributed by atoms with Crippen LogP contribution in [0.4, 0.5) is 0 Å². The molecule has 29 heavy (non-hydrogen) atoms. The summed E-state index contributed by atoms with van der Waals surface area (Å²) in [6.07, 6.45) is 2.32. The molecule has 0 radical (unpaired) electrons. The molecular weight excluding hydrogens is 382 g/mol. The average molecular weight is 410 g/mol. The van der Waals surface area contributed by atoms with E-state index in [1.165, 1.54) is 32.2 Å². The zero-order chi connectivity index (χ0) is 20.3. The Balaban J connectivity index is 1.77. The summed E-state index contributed by atoms with van der Waals surface area (Å²) in [5, 5.41) is 2.48. The molecule has 0 unspecified atom stereocenters. The number of nitrogens with zero attached hydrogens (tertiary/aromatic N) is 3. The summed E-state index contributed by atoms with van der Waals surface area (Å²) in [5.41, 5.74) is 4.51. The van der Waals surface area contributed by atoms with E-state index in [2.05, 4.69) is 29.4 Å². The molecule has 3 aromatic rings. The van der Waals surface area contributed by atoms with E-state index in [0.717, 1.165) is 56.0 Å². The zero-order valence-electron chi connectivity index (χ0n) is 17.4. The fourth-order valence-electron chi connectivity index (χ4n) is 5.01. The quantitative estimate of drug-likeness (QED) is 0.641. The lowest BCUT2D eigenvalue weighted by Crippen LogP contribution is -2.32. The van der Waals surface area contributed by atoms with E-state index in [9.17, 15) is 9.59 Å². The molecule has 1 aliphatic carbocycles. The van der Waals surface area contributed by atoms with E-state index in [1.807, 2.05) is 18.0 Å². The monoisotopic (exact) mass is 409 g/mol. The van der Waals surface area contributed by atoms with Crippen LogP contribution >= 0.6 is 11.3 Å². The lowest BCUT2D eigenvalue weighted by molar-refractivity contribution is 0.0786. The van der Waals surface area contributed by atoms with Gasteiger partial charge in [-0.1, -0.05) is 13.8 Å². The number of hydrogen-bond acceptors (Lipinski definition) is 4. The maximum Gasteiger partial charge on any atom is 0.264 e. The molecule has 0 spiro atoms. The molecule has 0 N–H and O–H groups in total. The van der Waals surface area contributed by atoms with Crippen LogP contribution in [0.5, 0.6) is 0 Å². The Labute approximate surface area is 174 Å². The first kappa shape index (κ1) is 18.8. The molecule has 1 aliphatic heterocycles. The highest BCUT2D eigenvalue weighted by Crippen LogP contribution is 2.44. The first-order valence-corrected chi connectivity index (χ1v) is 11.5. The number of fused-ring (bicyclic) bond motifs is 7. The first-order chi connectivity index (χ1) is 14.0. The number of Topliss-reactive ketones (excluding diaryl/α,β-unsaturated/α-hetero) is 1. The van der Waals surface area contributed by atoms with Gasteiger partial charge in [-0.3, -0.25) is 9.59 Å². The molecular formula is C23H27N3O2S. The van der Waals surface area contributed by atoms with Crippen LogP contribution in [0.25, 0.3) is 21.1 Å². The van der Waals surface area contributed by atoms with Gasteiger partial charge in [-0.25, -0.2) is 0 Å². The molecule has 2 aromatic heterocycles. The Morgan fingerprint density at radius 2 is 1.83 bits per heavy atom. The number of carbonyl (C=O) groups excluding carboxylic acids is 2. The number of rotatable bonds is 5. The van der Waals surface area contributed by atoms with E-state index in [0.29, 0.717) is 6.42 Å². The van der Waals surface area contributed by atoms with Gasteiger partial charge < -0.3 is 14.4 Å². The van der Waals surface area contributed by atoms with E-state index in [1.54, 1.807) is 11.3 Å². The van der Waals surface area contributed by atoms with Crippen LogP contribution in [0.15, 0.2) is 12.1 Å². The highest BCUT2D eigenvalue weighted by atomic mass is 32.1. The van der Waals surface area contributed by atoms with Crippen LogP contribution in [-0.2, 0) is 19.4 Å². The lowest BCUT2D eigenvalue weighted by Gasteiger charge is -2.22. The number of aromatic nitrogens is 1. The normalized spacial score (nSPS) is 16.5. The molecule has 0 atom stereocenters. The summed E-state index contributed by atoms with van der Waals surface area (Å²) in [4.78, 5) is 31.6. The molecule has 0 saturated carbocycles. The predicted octanol–water partition coefficient (Wildman–Crippen LogP) is 3.95. The van der Waals surface area contributed by atoms with Gasteiger partial charge in [0.1, 0.15) is 4.83 Å². The minimum absolute atomic E-state index is 0.138. The first-order valence-electron chi connectivity index (χ1n) is 10.7. The fourth-order valence-corrected chi connectivity index (χ4v) is 6.40. The third-order valence-corrected chi connectivity index (χ3v) is 7.98. The molecule has 6 heteroatoms. The number of amides is 1. The molecule has 152 valence electrons. The standard InChI is InChI=1S/C23H27N3O2S/c1-4-25(5-2)12-13-26-17-8-6-14-15(7-9-18(14)27)19(17)20-16-10-11-24(3)22(28)21(16)29-23(20)26/h6,8H,4-5,7,9-13H2,1-3H3. The maximum absolute atomic E-state index is 12.8. The van der Waals surface area contributed by atoms with Crippen molar-refractivity contribution in [2.75, 3.05) is 33.2 Å². The van der Waals surface area contributed by atoms with E-state index < -0.39 is 0 Å². The van der Waals surface area contributed by atoms with Crippen LogP contribution in [0.3, 0.4) is 0 Å². The summed E-state index contributed by atoms with van der Waals surface area (Å²) in [6, 6.07) is 4.16. The number of likely N-dealkylation sites (N-methyl/N-ethyl adjacent to an activating group) is 2. The number of thiophene rings is 1. The van der Waals surface area contributed by atoms with Crippen molar-refractivity contribution in [1.82, 2.24) is 14.4 Å². The van der Waals surface area contributed by atoms with E-state index in [-0.39, 0.29) is 11.7 Å². The number of ketones is 1. The molecule has 0 bridgehead atoms. The maximum atomic E-state index is 12.8. The van der Waals surface area contributed by atoms with Crippen molar-refractivity contribution in [3.63, 3.8) is 0 Å². The van der Waals surface area contributed by atoms with Gasteiger partial charge in [-0.2, -0.15) is 0 Å². The number of benzene rings is 1. The van der Waals surface area contributed by atoms with Crippen molar-refractivity contribution in [3.05, 3.63) is 33.7 Å². The minimum atomic E-state index is 0.138. The van der Waals surface area contributed by atoms with Crippen molar-refractivity contribution in [3.8, 4) is 0 Å². The number of hydrogen-bond donors (Lipinski definition) is 0. The van der Waals surface area contributed by atoms with Gasteiger partial charge in [0, 0.05) is 49.4 Å². The van der Waals surface area contributed by atoms with Crippen LogP contribution in [0, 0.1) is 0 Å². The highest BCUT2D eigenvalue weighted by molar-refractivity contribution is 7.21. The van der Waals surface area contributed by atoms with Gasteiger partial charge in [0.2, 0.25) is 0 Å². The molecule has 0 saturated heterocycles. The minimum Gasteiger partial charge on any atom is -0.341 e. The summed E-state index contributed by atoms with van der Waals surface area (Å²) >= 11 is 1.65. The molecule has 1 amide bonds. The van der Waals surface area contributed by atoms with Gasteiger partial charge in [-0.05, 0) is 49.2 Å². The largest absolute Gasteiger partial charge is 0.341 e. The van der Waals surface area contributed by atoms with E-state index in [4.69, 9.17) is 0 Å². The molecule has 5 nitrogen and oxygen atoms in total. The van der Waals surface area contributed by atoms with Crippen LogP contribution in [0.2, 0.25) is 0 Å². The third-order valence-electron chi connectivity index (χ3n) is 6.74. The van der Waals surface area contributed by atoms with Gasteiger partial charge in [0.25, 0.3) is 5.91 Å². The molecule has 1 aromatic carbocycles. The summed E-state index contributed by atoms with van der Waals surface area (Å²) in [7, 11) is 1.89. The van der Waals surface area contributed by atoms with Crippen molar-refractivity contribution >= 4 is 44.1 Å². The second kappa shape index (κ2) is 6.96. The van der Waals surface area contributed by atoms with Crippen molar-refractivity contribution in [2.45, 2.75) is 39.7 Å². The zero-order valence-corrected chi connectivity index (χ0v) is 18.2. The van der Waals surface area contributed by atoms with Gasteiger partial charge >= 0.3 is 0 Å². The van der Waals surface area contributed by atoms with Gasteiger partial charge in [0.05, 0.1) is 10.4 Å². The number of aryl methyl sites for hydroxylation is 1. The second-order valence-electron chi connectivity index (χ2n) is 8.15. The van der Waals surface area contributed by atoms with Crippen LogP contribution < -0.4 is 0 Å². The Morgan fingerprint density at radius 1 is 1.03 bits per heavy atom. The number of carbonyl (C=O) groups is 2. The topological polar surface area (TPSA) is 45.6 Å². The molecule has 5 rings (SSSR count). The summed E-state index contributed by atoms with van der Waals surface area (Å²) in [6.45, 7) is 9.11. The fraction of sp³-hybridized carbons (Fsp3) is 0.478. The lowest BCUT2D eigenvalue weighted by atomic mass is 9.98. The van der Waals surface area contributed by atoms with Crippen molar-refractivity contribution in [1.29, 1.82) is 0 Å². The summed E-state index contributed by atoms with van der Waals surface area (Å²) in [5.74, 6) is 0.394. The second-order valence-corrected chi connectivity index (χ2v) is 9.15. The van der Waals surface area contributed by atoms with Crippen LogP contribution in [0.1, 0.15) is 51.4 Å². The van der Waals surface area contributed by atoms with E-state index >= 15 is 0 Å². The molecule has 3 heterocycles. The average Bonchev–Trinajstić information content (AvgIpc) is 3.37. The smallest absolute Gasteiger partial charge is 0.264 e. The Kier molecular flexibility index (Phi) is 4.51. The Hall–Kier alpha value is -2.18. The molecule has 2 aliphatic rings. The predicted molar refractivity (Wildman–Crippen MR) is 118 cm³/mol. The third kappa shape index (κ3) is 2.69. The van der Waals surface area contributed by atoms with Gasteiger partial charge in [-0.15, -0.1) is 11.3 Å². The molecule has 0 fully saturated rings. The van der Waals surface area contributed by atoms with Gasteiger partial charge in [0.15, 0.2) is 5.78 Å². The SMILES string of the molecule is CCN(CC)CCn1c2ccc3c(c2c2c4c(sc21)C(=O)N(C)CC4)CCC3=O.